The van der Waals surface area contributed by atoms with Gasteiger partial charge < -0.3 is 15.0 Å². The molecule has 1 aliphatic heterocycles. The van der Waals surface area contributed by atoms with Gasteiger partial charge in [-0.25, -0.2) is 4.98 Å². The Morgan fingerprint density at radius 3 is 2.78 bits per heavy atom. The lowest BCUT2D eigenvalue weighted by Gasteiger charge is -2.26. The number of allylic oxidation sites excluding steroid dienone is 1. The largest absolute Gasteiger partial charge is 0.391 e. The van der Waals surface area contributed by atoms with Crippen LogP contribution >= 0.6 is 24.8 Å². The Balaban J connectivity index is 0.00000132. The molecule has 0 amide bonds. The van der Waals surface area contributed by atoms with E-state index in [1.807, 2.05) is 6.33 Å². The van der Waals surface area contributed by atoms with E-state index in [-0.39, 0.29) is 37.0 Å². The smallest absolute Gasteiger partial charge is 0.0961 e. The molecule has 4 nitrogen and oxygen atoms in total. The van der Waals surface area contributed by atoms with Crippen LogP contribution in [0.15, 0.2) is 30.6 Å². The van der Waals surface area contributed by atoms with Gasteiger partial charge in [0, 0.05) is 6.54 Å². The summed E-state index contributed by atoms with van der Waals surface area (Å²) in [6.45, 7) is 6.01. The van der Waals surface area contributed by atoms with Crippen LogP contribution in [0.2, 0.25) is 0 Å². The summed E-state index contributed by atoms with van der Waals surface area (Å²) in [4.78, 5) is 4.47. The quantitative estimate of drug-likeness (QED) is 0.829. The predicted octanol–water partition coefficient (Wildman–Crippen LogP) is 3.17. The van der Waals surface area contributed by atoms with Crippen molar-refractivity contribution in [3.05, 3.63) is 41.7 Å². The fourth-order valence-corrected chi connectivity index (χ4v) is 2.87. The van der Waals surface area contributed by atoms with Crippen LogP contribution in [-0.2, 0) is 6.54 Å². The summed E-state index contributed by atoms with van der Waals surface area (Å²) in [5.74, 6) is 0. The highest BCUT2D eigenvalue weighted by Crippen LogP contribution is 2.18. The summed E-state index contributed by atoms with van der Waals surface area (Å²) in [6.07, 6.45) is 7.75. The maximum absolute atomic E-state index is 9.93. The second-order valence-electron chi connectivity index (χ2n) is 5.94. The van der Waals surface area contributed by atoms with Gasteiger partial charge in [-0.3, -0.25) is 0 Å². The third-order valence-electron chi connectivity index (χ3n) is 4.35. The number of fused-ring (bicyclic) bond motifs is 1. The van der Waals surface area contributed by atoms with Gasteiger partial charge in [0.05, 0.1) is 29.5 Å². The molecular formula is C17H25Cl2N3O. The molecule has 0 radical (unpaired) electrons. The van der Waals surface area contributed by atoms with Crippen molar-refractivity contribution in [2.24, 2.45) is 0 Å². The van der Waals surface area contributed by atoms with Crippen LogP contribution in [0.3, 0.4) is 0 Å². The highest BCUT2D eigenvalue weighted by atomic mass is 35.5. The number of rotatable bonds is 3. The number of hydrogen-bond donors (Lipinski definition) is 2. The molecule has 0 spiro atoms. The minimum absolute atomic E-state index is 0. The molecule has 2 aromatic rings. The van der Waals surface area contributed by atoms with Crippen molar-refractivity contribution in [2.45, 2.75) is 45.4 Å². The van der Waals surface area contributed by atoms with E-state index in [1.54, 1.807) is 0 Å². The SMILES string of the molecule is Cc1cc2ncn(C/C=C/[C@H]3NCCC[C@@H]3O)c2cc1C.Cl.Cl. The maximum Gasteiger partial charge on any atom is 0.0961 e. The molecule has 0 unspecified atom stereocenters. The average Bonchev–Trinajstić information content (AvgIpc) is 2.84. The summed E-state index contributed by atoms with van der Waals surface area (Å²) in [5.41, 5.74) is 4.78. The van der Waals surface area contributed by atoms with Gasteiger partial charge in [-0.1, -0.05) is 12.2 Å². The summed E-state index contributed by atoms with van der Waals surface area (Å²) >= 11 is 0. The molecule has 2 heterocycles. The van der Waals surface area contributed by atoms with E-state index >= 15 is 0 Å². The van der Waals surface area contributed by atoms with Gasteiger partial charge in [-0.2, -0.15) is 0 Å². The van der Waals surface area contributed by atoms with Gasteiger partial charge >= 0.3 is 0 Å². The first-order chi connectivity index (χ1) is 10.1. The first kappa shape index (κ1) is 20.0. The van der Waals surface area contributed by atoms with Crippen molar-refractivity contribution < 1.29 is 5.11 Å². The standard InChI is InChI=1S/C17H23N3O.2ClH/c1-12-9-15-16(10-13(12)2)20(11-19-15)8-4-5-14-17(21)6-3-7-18-14;;/h4-5,9-11,14,17-18,21H,3,6-8H2,1-2H3;2*1H/b5-4+;;/t14-,17+;;/m1../s1. The Morgan fingerprint density at radius 2 is 2.04 bits per heavy atom. The van der Waals surface area contributed by atoms with E-state index in [1.165, 1.54) is 16.6 Å². The van der Waals surface area contributed by atoms with E-state index in [2.05, 4.69) is 53.0 Å². The molecule has 1 aliphatic rings. The Bertz CT molecular complexity index is 669. The molecule has 6 heteroatoms. The fourth-order valence-electron chi connectivity index (χ4n) is 2.87. The molecule has 0 saturated carbocycles. The topological polar surface area (TPSA) is 50.1 Å². The second kappa shape index (κ2) is 8.69. The number of nitrogens with zero attached hydrogens (tertiary/aromatic N) is 2. The van der Waals surface area contributed by atoms with Crippen molar-refractivity contribution in [2.75, 3.05) is 6.54 Å². The van der Waals surface area contributed by atoms with Crippen LogP contribution in [0, 0.1) is 13.8 Å². The van der Waals surface area contributed by atoms with Crippen LogP contribution in [0.4, 0.5) is 0 Å². The lowest BCUT2D eigenvalue weighted by atomic mass is 10.0. The number of hydrogen-bond acceptors (Lipinski definition) is 3. The number of aliphatic hydroxyl groups is 1. The number of aromatic nitrogens is 2. The van der Waals surface area contributed by atoms with Crippen LogP contribution in [0.25, 0.3) is 11.0 Å². The number of imidazole rings is 1. The molecule has 128 valence electrons. The molecule has 1 fully saturated rings. The van der Waals surface area contributed by atoms with E-state index < -0.39 is 0 Å². The van der Waals surface area contributed by atoms with Crippen molar-refractivity contribution in [1.29, 1.82) is 0 Å². The van der Waals surface area contributed by atoms with E-state index in [4.69, 9.17) is 0 Å². The third kappa shape index (κ3) is 4.48. The zero-order chi connectivity index (χ0) is 14.8. The van der Waals surface area contributed by atoms with E-state index in [9.17, 15) is 5.11 Å². The molecule has 0 bridgehead atoms. The number of halogens is 2. The van der Waals surface area contributed by atoms with Crippen molar-refractivity contribution >= 4 is 35.8 Å². The number of aryl methyl sites for hydroxylation is 2. The average molecular weight is 358 g/mol. The Kier molecular flexibility index (Phi) is 7.55. The third-order valence-corrected chi connectivity index (χ3v) is 4.35. The summed E-state index contributed by atoms with van der Waals surface area (Å²) in [6, 6.07) is 4.41. The first-order valence-corrected chi connectivity index (χ1v) is 7.65. The molecule has 0 aliphatic carbocycles. The monoisotopic (exact) mass is 357 g/mol. The number of aliphatic hydroxyl groups excluding tert-OH is 1. The van der Waals surface area contributed by atoms with Crippen LogP contribution < -0.4 is 5.32 Å². The first-order valence-electron chi connectivity index (χ1n) is 7.65. The van der Waals surface area contributed by atoms with Gasteiger partial charge in [0.1, 0.15) is 0 Å². The Morgan fingerprint density at radius 1 is 1.30 bits per heavy atom. The molecule has 2 N–H and O–H groups in total. The zero-order valence-electron chi connectivity index (χ0n) is 13.5. The van der Waals surface area contributed by atoms with Crippen LogP contribution in [0.1, 0.15) is 24.0 Å². The number of piperidine rings is 1. The Hall–Kier alpha value is -1.07. The van der Waals surface area contributed by atoms with Crippen molar-refractivity contribution in [3.63, 3.8) is 0 Å². The zero-order valence-corrected chi connectivity index (χ0v) is 15.2. The molecule has 1 saturated heterocycles. The minimum Gasteiger partial charge on any atom is -0.391 e. The Labute approximate surface area is 149 Å². The summed E-state index contributed by atoms with van der Waals surface area (Å²) < 4.78 is 2.15. The van der Waals surface area contributed by atoms with Gasteiger partial charge in [0.15, 0.2) is 0 Å². The number of nitrogens with one attached hydrogen (secondary N) is 1. The lowest BCUT2D eigenvalue weighted by molar-refractivity contribution is 0.115. The van der Waals surface area contributed by atoms with Gasteiger partial charge in [-0.05, 0) is 56.5 Å². The highest BCUT2D eigenvalue weighted by Gasteiger charge is 2.19. The fraction of sp³-hybridized carbons (Fsp3) is 0.471. The molecule has 2 atom stereocenters. The number of benzene rings is 1. The van der Waals surface area contributed by atoms with Gasteiger partial charge in [0.25, 0.3) is 0 Å². The molecule has 1 aromatic heterocycles. The maximum atomic E-state index is 9.93. The highest BCUT2D eigenvalue weighted by molar-refractivity contribution is 5.85. The second-order valence-corrected chi connectivity index (χ2v) is 5.94. The summed E-state index contributed by atoms with van der Waals surface area (Å²) in [5, 5.41) is 13.3. The van der Waals surface area contributed by atoms with E-state index in [0.717, 1.165) is 31.4 Å². The van der Waals surface area contributed by atoms with Crippen LogP contribution in [0.5, 0.6) is 0 Å². The van der Waals surface area contributed by atoms with Crippen molar-refractivity contribution in [3.8, 4) is 0 Å². The minimum atomic E-state index is -0.264. The molecule has 3 rings (SSSR count). The normalized spacial score (nSPS) is 21.2. The van der Waals surface area contributed by atoms with Gasteiger partial charge in [-0.15, -0.1) is 24.8 Å². The molecule has 1 aromatic carbocycles. The van der Waals surface area contributed by atoms with Crippen LogP contribution in [-0.4, -0.2) is 33.3 Å². The van der Waals surface area contributed by atoms with Crippen molar-refractivity contribution in [1.82, 2.24) is 14.9 Å². The molecule has 23 heavy (non-hydrogen) atoms. The van der Waals surface area contributed by atoms with Gasteiger partial charge in [0.2, 0.25) is 0 Å². The predicted molar refractivity (Wildman–Crippen MR) is 99.9 cm³/mol. The summed E-state index contributed by atoms with van der Waals surface area (Å²) in [7, 11) is 0. The lowest BCUT2D eigenvalue weighted by Crippen LogP contribution is -2.43. The van der Waals surface area contributed by atoms with E-state index in [0.29, 0.717) is 0 Å². The molecular weight excluding hydrogens is 333 g/mol.